The summed E-state index contributed by atoms with van der Waals surface area (Å²) in [7, 11) is 0. The van der Waals surface area contributed by atoms with Gasteiger partial charge in [0.15, 0.2) is 5.78 Å². The van der Waals surface area contributed by atoms with Crippen LogP contribution >= 0.6 is 0 Å². The monoisotopic (exact) mass is 255 g/mol. The highest BCUT2D eigenvalue weighted by Crippen LogP contribution is 2.26. The van der Waals surface area contributed by atoms with Gasteiger partial charge in [-0.15, -0.1) is 0 Å². The molecule has 0 atom stereocenters. The maximum Gasteiger partial charge on any atom is 0.159 e. The zero-order valence-electron chi connectivity index (χ0n) is 11.4. The Labute approximate surface area is 113 Å². The van der Waals surface area contributed by atoms with Gasteiger partial charge in [-0.25, -0.2) is 0 Å². The van der Waals surface area contributed by atoms with E-state index in [2.05, 4.69) is 4.98 Å². The highest BCUT2D eigenvalue weighted by atomic mass is 16.5. The normalized spacial score (nSPS) is 11.1. The fraction of sp³-hybridized carbons (Fsp3) is 0.250. The van der Waals surface area contributed by atoms with Gasteiger partial charge in [0.2, 0.25) is 0 Å². The van der Waals surface area contributed by atoms with Crippen molar-refractivity contribution in [1.29, 1.82) is 0 Å². The van der Waals surface area contributed by atoms with Crippen molar-refractivity contribution in [3.05, 3.63) is 59.9 Å². The van der Waals surface area contributed by atoms with Crippen molar-refractivity contribution in [1.82, 2.24) is 4.98 Å². The van der Waals surface area contributed by atoms with Crippen molar-refractivity contribution in [2.24, 2.45) is 0 Å². The molecule has 2 aromatic rings. The lowest BCUT2D eigenvalue weighted by Gasteiger charge is -2.26. The molecule has 0 amide bonds. The predicted molar refractivity (Wildman–Crippen MR) is 74.3 cm³/mol. The first-order valence-corrected chi connectivity index (χ1v) is 6.20. The SMILES string of the molecule is CC(=O)c1cccc(OC(C)(C)c2ccccn2)c1. The van der Waals surface area contributed by atoms with Crippen molar-refractivity contribution in [2.45, 2.75) is 26.4 Å². The lowest BCUT2D eigenvalue weighted by molar-refractivity contribution is 0.0992. The summed E-state index contributed by atoms with van der Waals surface area (Å²) in [4.78, 5) is 15.7. The Morgan fingerprint density at radius 1 is 1.16 bits per heavy atom. The second kappa shape index (κ2) is 5.22. The summed E-state index contributed by atoms with van der Waals surface area (Å²) in [5, 5.41) is 0. The first-order valence-electron chi connectivity index (χ1n) is 6.20. The van der Waals surface area contributed by atoms with E-state index in [1.807, 2.05) is 44.2 Å². The molecule has 0 saturated heterocycles. The molecule has 0 N–H and O–H groups in total. The molecule has 0 unspecified atom stereocenters. The standard InChI is InChI=1S/C16H17NO2/c1-12(18)13-7-6-8-14(11-13)19-16(2,3)15-9-4-5-10-17-15/h4-11H,1-3H3. The molecule has 0 saturated carbocycles. The minimum absolute atomic E-state index is 0.0288. The molecular weight excluding hydrogens is 238 g/mol. The Balaban J connectivity index is 2.25. The van der Waals surface area contributed by atoms with Crippen molar-refractivity contribution in [2.75, 3.05) is 0 Å². The maximum atomic E-state index is 11.4. The van der Waals surface area contributed by atoms with Crippen LogP contribution in [0, 0.1) is 0 Å². The molecule has 19 heavy (non-hydrogen) atoms. The Morgan fingerprint density at radius 3 is 2.58 bits per heavy atom. The molecule has 0 radical (unpaired) electrons. The van der Waals surface area contributed by atoms with E-state index in [0.717, 1.165) is 5.69 Å². The van der Waals surface area contributed by atoms with Gasteiger partial charge in [0.1, 0.15) is 11.4 Å². The number of rotatable bonds is 4. The van der Waals surface area contributed by atoms with Gasteiger partial charge in [-0.3, -0.25) is 9.78 Å². The van der Waals surface area contributed by atoms with E-state index in [9.17, 15) is 4.79 Å². The molecule has 3 heteroatoms. The molecule has 1 aromatic heterocycles. The number of Topliss-reactive ketones (excluding diaryl/α,β-unsaturated/α-hetero) is 1. The summed E-state index contributed by atoms with van der Waals surface area (Å²) in [6.45, 7) is 5.45. The van der Waals surface area contributed by atoms with Crippen LogP contribution in [0.25, 0.3) is 0 Å². The highest BCUT2D eigenvalue weighted by Gasteiger charge is 2.24. The van der Waals surface area contributed by atoms with Crippen LogP contribution in [0.5, 0.6) is 5.75 Å². The van der Waals surface area contributed by atoms with Gasteiger partial charge < -0.3 is 4.74 Å². The Bertz CT molecular complexity index is 576. The van der Waals surface area contributed by atoms with E-state index in [-0.39, 0.29) is 5.78 Å². The molecule has 1 heterocycles. The van der Waals surface area contributed by atoms with Gasteiger partial charge in [-0.2, -0.15) is 0 Å². The number of carbonyl (C=O) groups excluding carboxylic acids is 1. The molecule has 2 rings (SSSR count). The molecule has 98 valence electrons. The van der Waals surface area contributed by atoms with Crippen LogP contribution in [0.2, 0.25) is 0 Å². The highest BCUT2D eigenvalue weighted by molar-refractivity contribution is 5.94. The zero-order chi connectivity index (χ0) is 13.9. The van der Waals surface area contributed by atoms with Crippen LogP contribution in [0.3, 0.4) is 0 Å². The number of ketones is 1. The largest absolute Gasteiger partial charge is 0.482 e. The third-order valence-corrected chi connectivity index (χ3v) is 2.90. The average molecular weight is 255 g/mol. The van der Waals surface area contributed by atoms with Gasteiger partial charge in [0.05, 0.1) is 5.69 Å². The van der Waals surface area contributed by atoms with Gasteiger partial charge in [-0.05, 0) is 45.0 Å². The Hall–Kier alpha value is -2.16. The zero-order valence-corrected chi connectivity index (χ0v) is 11.4. The molecule has 0 spiro atoms. The minimum atomic E-state index is -0.545. The number of nitrogens with zero attached hydrogens (tertiary/aromatic N) is 1. The van der Waals surface area contributed by atoms with Crippen LogP contribution in [0.4, 0.5) is 0 Å². The van der Waals surface area contributed by atoms with E-state index in [1.165, 1.54) is 0 Å². The van der Waals surface area contributed by atoms with Gasteiger partial charge in [-0.1, -0.05) is 18.2 Å². The Kier molecular flexibility index (Phi) is 3.65. The molecule has 0 aliphatic carbocycles. The number of ether oxygens (including phenoxy) is 1. The van der Waals surface area contributed by atoms with E-state index in [0.29, 0.717) is 11.3 Å². The first-order chi connectivity index (χ1) is 8.99. The van der Waals surface area contributed by atoms with E-state index < -0.39 is 5.60 Å². The number of hydrogen-bond donors (Lipinski definition) is 0. The van der Waals surface area contributed by atoms with E-state index >= 15 is 0 Å². The van der Waals surface area contributed by atoms with Gasteiger partial charge >= 0.3 is 0 Å². The average Bonchev–Trinajstić information content (AvgIpc) is 2.39. The molecule has 0 aliphatic heterocycles. The predicted octanol–water partition coefficient (Wildman–Crippen LogP) is 3.60. The topological polar surface area (TPSA) is 39.2 Å². The molecule has 0 bridgehead atoms. The number of aromatic nitrogens is 1. The number of hydrogen-bond acceptors (Lipinski definition) is 3. The fourth-order valence-corrected chi connectivity index (χ4v) is 1.84. The third kappa shape index (κ3) is 3.19. The fourth-order valence-electron chi connectivity index (χ4n) is 1.84. The first kappa shape index (κ1) is 13.3. The van der Waals surface area contributed by atoms with Crippen LogP contribution in [-0.4, -0.2) is 10.8 Å². The molecule has 1 aromatic carbocycles. The molecule has 0 aliphatic rings. The summed E-state index contributed by atoms with van der Waals surface area (Å²) < 4.78 is 5.96. The van der Waals surface area contributed by atoms with E-state index in [4.69, 9.17) is 4.74 Å². The van der Waals surface area contributed by atoms with Crippen LogP contribution in [0.1, 0.15) is 36.8 Å². The lowest BCUT2D eigenvalue weighted by Crippen LogP contribution is -2.26. The Morgan fingerprint density at radius 2 is 1.95 bits per heavy atom. The smallest absolute Gasteiger partial charge is 0.159 e. The van der Waals surface area contributed by atoms with Crippen LogP contribution in [0.15, 0.2) is 48.7 Å². The summed E-state index contributed by atoms with van der Waals surface area (Å²) in [6, 6.07) is 12.9. The maximum absolute atomic E-state index is 11.4. The summed E-state index contributed by atoms with van der Waals surface area (Å²) in [6.07, 6.45) is 1.74. The van der Waals surface area contributed by atoms with Gasteiger partial charge in [0, 0.05) is 11.8 Å². The van der Waals surface area contributed by atoms with Crippen molar-refractivity contribution < 1.29 is 9.53 Å². The third-order valence-electron chi connectivity index (χ3n) is 2.90. The second-order valence-corrected chi connectivity index (χ2v) is 4.91. The summed E-state index contributed by atoms with van der Waals surface area (Å²) in [5.41, 5.74) is 0.953. The van der Waals surface area contributed by atoms with Gasteiger partial charge in [0.25, 0.3) is 0 Å². The van der Waals surface area contributed by atoms with E-state index in [1.54, 1.807) is 25.3 Å². The van der Waals surface area contributed by atoms with Crippen LogP contribution in [-0.2, 0) is 5.60 Å². The molecular formula is C16H17NO2. The summed E-state index contributed by atoms with van der Waals surface area (Å²) in [5.74, 6) is 0.699. The molecule has 0 fully saturated rings. The quantitative estimate of drug-likeness (QED) is 0.784. The molecule has 3 nitrogen and oxygen atoms in total. The number of carbonyl (C=O) groups is 1. The minimum Gasteiger partial charge on any atom is -0.482 e. The van der Waals surface area contributed by atoms with Crippen molar-refractivity contribution in [3.63, 3.8) is 0 Å². The lowest BCUT2D eigenvalue weighted by atomic mass is 10.0. The number of benzene rings is 1. The van der Waals surface area contributed by atoms with Crippen molar-refractivity contribution in [3.8, 4) is 5.75 Å². The second-order valence-electron chi connectivity index (χ2n) is 4.91. The number of pyridine rings is 1. The van der Waals surface area contributed by atoms with Crippen LogP contribution < -0.4 is 4.74 Å². The summed E-state index contributed by atoms with van der Waals surface area (Å²) >= 11 is 0. The van der Waals surface area contributed by atoms with Crippen molar-refractivity contribution >= 4 is 5.78 Å².